The van der Waals surface area contributed by atoms with Gasteiger partial charge in [0.2, 0.25) is 5.91 Å². The van der Waals surface area contributed by atoms with Crippen LogP contribution in [0.25, 0.3) is 11.4 Å². The van der Waals surface area contributed by atoms with E-state index in [9.17, 15) is 19.7 Å². The van der Waals surface area contributed by atoms with Crippen molar-refractivity contribution in [3.8, 4) is 11.4 Å². The number of hydrogen-bond donors (Lipinski definition) is 1. The lowest BCUT2D eigenvalue weighted by Gasteiger charge is -2.05. The molecule has 9 nitrogen and oxygen atoms in total. The van der Waals surface area contributed by atoms with Gasteiger partial charge in [-0.3, -0.25) is 19.7 Å². The van der Waals surface area contributed by atoms with Gasteiger partial charge in [0, 0.05) is 35.4 Å². The van der Waals surface area contributed by atoms with Gasteiger partial charge >= 0.3 is 0 Å². The third-order valence-corrected chi connectivity index (χ3v) is 3.97. The van der Waals surface area contributed by atoms with E-state index in [0.717, 1.165) is 0 Å². The zero-order chi connectivity index (χ0) is 20.1. The smallest absolute Gasteiger partial charge is 0.270 e. The van der Waals surface area contributed by atoms with E-state index in [-0.39, 0.29) is 23.9 Å². The number of amides is 1. The Balaban J connectivity index is 1.69. The fourth-order valence-corrected chi connectivity index (χ4v) is 2.49. The van der Waals surface area contributed by atoms with Gasteiger partial charge in [-0.05, 0) is 24.3 Å². The summed E-state index contributed by atoms with van der Waals surface area (Å²) in [5.41, 5.74) is 1.54. The van der Waals surface area contributed by atoms with Crippen molar-refractivity contribution in [1.82, 2.24) is 14.8 Å². The minimum absolute atomic E-state index is 0.0252. The van der Waals surface area contributed by atoms with Crippen LogP contribution in [0.5, 0.6) is 0 Å². The number of non-ortho nitro benzene ring substituents is 1. The van der Waals surface area contributed by atoms with Crippen LogP contribution in [-0.4, -0.2) is 31.4 Å². The van der Waals surface area contributed by atoms with Gasteiger partial charge in [0.05, 0.1) is 4.92 Å². The van der Waals surface area contributed by atoms with Crippen LogP contribution < -0.4 is 5.32 Å². The number of nitrogens with one attached hydrogen (secondary N) is 1. The minimum atomic E-state index is -0.489. The molecule has 1 heterocycles. The van der Waals surface area contributed by atoms with Gasteiger partial charge in [0.25, 0.3) is 5.69 Å². The molecule has 0 aliphatic rings. The first kappa shape index (κ1) is 18.9. The minimum Gasteiger partial charge on any atom is -0.326 e. The Morgan fingerprint density at radius 2 is 1.93 bits per heavy atom. The first-order valence-electron chi connectivity index (χ1n) is 8.53. The number of nitrogens with zero attached hydrogens (tertiary/aromatic N) is 4. The molecule has 2 aromatic carbocycles. The standard InChI is InChI=1S/C19H17N5O4/c1-2-18(26)21-15-8-6-13(7-9-15)17(25)11-23-12-20-19(22-23)14-4-3-5-16(10-14)24(27)28/h3-10,12H,2,11H2,1H3,(H,21,26). The number of carbonyl (C=O) groups is 2. The maximum absolute atomic E-state index is 12.4. The quantitative estimate of drug-likeness (QED) is 0.383. The molecule has 1 aromatic heterocycles. The molecule has 3 rings (SSSR count). The first-order valence-corrected chi connectivity index (χ1v) is 8.53. The van der Waals surface area contributed by atoms with Crippen LogP contribution in [0, 0.1) is 10.1 Å². The number of aromatic nitrogens is 3. The SMILES string of the molecule is CCC(=O)Nc1ccc(C(=O)Cn2cnc(-c3cccc([N+](=O)[O-])c3)n2)cc1. The van der Waals surface area contributed by atoms with E-state index >= 15 is 0 Å². The van der Waals surface area contributed by atoms with Crippen molar-refractivity contribution in [2.24, 2.45) is 0 Å². The van der Waals surface area contributed by atoms with Crippen LogP contribution in [0.4, 0.5) is 11.4 Å². The van der Waals surface area contributed by atoms with Crippen LogP contribution in [-0.2, 0) is 11.3 Å². The van der Waals surface area contributed by atoms with Crippen molar-refractivity contribution < 1.29 is 14.5 Å². The van der Waals surface area contributed by atoms with Crippen LogP contribution in [0.15, 0.2) is 54.9 Å². The topological polar surface area (TPSA) is 120 Å². The van der Waals surface area contributed by atoms with Gasteiger partial charge in [-0.15, -0.1) is 0 Å². The van der Waals surface area contributed by atoms with Crippen molar-refractivity contribution in [2.45, 2.75) is 19.9 Å². The van der Waals surface area contributed by atoms with Crippen LogP contribution in [0.2, 0.25) is 0 Å². The molecule has 142 valence electrons. The van der Waals surface area contributed by atoms with E-state index in [1.807, 2.05) is 0 Å². The van der Waals surface area contributed by atoms with Crippen LogP contribution in [0.3, 0.4) is 0 Å². The molecule has 9 heteroatoms. The molecule has 28 heavy (non-hydrogen) atoms. The normalized spacial score (nSPS) is 10.5. The number of nitro benzene ring substituents is 1. The predicted octanol–water partition coefficient (Wildman–Crippen LogP) is 3.08. The number of rotatable bonds is 7. The Hall–Kier alpha value is -3.88. The fraction of sp³-hybridized carbons (Fsp3) is 0.158. The van der Waals surface area contributed by atoms with E-state index in [1.165, 1.54) is 23.1 Å². The third-order valence-electron chi connectivity index (χ3n) is 3.97. The van der Waals surface area contributed by atoms with Gasteiger partial charge in [-0.1, -0.05) is 19.1 Å². The number of benzene rings is 2. The molecular formula is C19H17N5O4. The molecule has 0 spiro atoms. The highest BCUT2D eigenvalue weighted by Crippen LogP contribution is 2.20. The van der Waals surface area contributed by atoms with Gasteiger partial charge < -0.3 is 5.32 Å². The largest absolute Gasteiger partial charge is 0.326 e. The number of anilines is 1. The summed E-state index contributed by atoms with van der Waals surface area (Å²) < 4.78 is 1.38. The van der Waals surface area contributed by atoms with Gasteiger partial charge in [-0.25, -0.2) is 9.67 Å². The summed E-state index contributed by atoms with van der Waals surface area (Å²) in [4.78, 5) is 38.3. The average molecular weight is 379 g/mol. The summed E-state index contributed by atoms with van der Waals surface area (Å²) in [6.07, 6.45) is 1.78. The zero-order valence-electron chi connectivity index (χ0n) is 15.0. The lowest BCUT2D eigenvalue weighted by molar-refractivity contribution is -0.384. The maximum atomic E-state index is 12.4. The van der Waals surface area contributed by atoms with Crippen LogP contribution in [0.1, 0.15) is 23.7 Å². The Morgan fingerprint density at radius 3 is 2.61 bits per heavy atom. The first-order chi connectivity index (χ1) is 13.5. The maximum Gasteiger partial charge on any atom is 0.270 e. The van der Waals surface area contributed by atoms with Gasteiger partial charge in [-0.2, -0.15) is 5.10 Å². The molecule has 0 aliphatic carbocycles. The summed E-state index contributed by atoms with van der Waals surface area (Å²) in [6, 6.07) is 12.6. The van der Waals surface area contributed by atoms with E-state index in [2.05, 4.69) is 15.4 Å². The second kappa shape index (κ2) is 8.21. The van der Waals surface area contributed by atoms with E-state index in [1.54, 1.807) is 43.3 Å². The second-order valence-corrected chi connectivity index (χ2v) is 5.98. The van der Waals surface area contributed by atoms with Gasteiger partial charge in [0.15, 0.2) is 11.6 Å². The van der Waals surface area contributed by atoms with E-state index in [0.29, 0.717) is 29.1 Å². The summed E-state index contributed by atoms with van der Waals surface area (Å²) in [5.74, 6) is 0.0216. The fourth-order valence-electron chi connectivity index (χ4n) is 2.49. The molecule has 1 amide bonds. The summed E-state index contributed by atoms with van der Waals surface area (Å²) in [7, 11) is 0. The Bertz CT molecular complexity index is 1030. The number of Topliss-reactive ketones (excluding diaryl/α,β-unsaturated/α-hetero) is 1. The second-order valence-electron chi connectivity index (χ2n) is 5.98. The molecule has 0 unspecified atom stereocenters. The molecule has 0 radical (unpaired) electrons. The predicted molar refractivity (Wildman–Crippen MR) is 102 cm³/mol. The van der Waals surface area contributed by atoms with Crippen molar-refractivity contribution in [3.63, 3.8) is 0 Å². The zero-order valence-corrected chi connectivity index (χ0v) is 15.0. The summed E-state index contributed by atoms with van der Waals surface area (Å²) >= 11 is 0. The van der Waals surface area contributed by atoms with Crippen molar-refractivity contribution >= 4 is 23.1 Å². The highest BCUT2D eigenvalue weighted by Gasteiger charge is 2.12. The monoisotopic (exact) mass is 379 g/mol. The molecule has 0 saturated carbocycles. The summed E-state index contributed by atoms with van der Waals surface area (Å²) in [5, 5.41) is 17.8. The third kappa shape index (κ3) is 4.44. The van der Waals surface area contributed by atoms with E-state index in [4.69, 9.17) is 0 Å². The lowest BCUT2D eigenvalue weighted by Crippen LogP contribution is -2.12. The lowest BCUT2D eigenvalue weighted by atomic mass is 10.1. The number of hydrogen-bond acceptors (Lipinski definition) is 6. The number of nitro groups is 1. The van der Waals surface area contributed by atoms with Gasteiger partial charge in [0.1, 0.15) is 12.9 Å². The van der Waals surface area contributed by atoms with Crippen LogP contribution >= 0.6 is 0 Å². The molecular weight excluding hydrogens is 362 g/mol. The van der Waals surface area contributed by atoms with Crippen molar-refractivity contribution in [3.05, 3.63) is 70.5 Å². The Labute approximate surface area is 160 Å². The Morgan fingerprint density at radius 1 is 1.18 bits per heavy atom. The molecule has 0 aliphatic heterocycles. The van der Waals surface area contributed by atoms with E-state index < -0.39 is 4.92 Å². The van der Waals surface area contributed by atoms with Crippen molar-refractivity contribution in [1.29, 1.82) is 0 Å². The number of carbonyl (C=O) groups excluding carboxylic acids is 2. The number of ketones is 1. The Kier molecular flexibility index (Phi) is 5.54. The molecule has 0 atom stereocenters. The highest BCUT2D eigenvalue weighted by atomic mass is 16.6. The molecule has 0 fully saturated rings. The summed E-state index contributed by atoms with van der Waals surface area (Å²) in [6.45, 7) is 1.73. The molecule has 1 N–H and O–H groups in total. The molecule has 0 bridgehead atoms. The molecule has 0 saturated heterocycles. The van der Waals surface area contributed by atoms with Crippen molar-refractivity contribution in [2.75, 3.05) is 5.32 Å². The molecule has 3 aromatic rings. The highest BCUT2D eigenvalue weighted by molar-refractivity contribution is 5.97. The average Bonchev–Trinajstić information content (AvgIpc) is 3.17.